The molecule has 1 N–H and O–H groups in total. The number of aromatic nitrogens is 5. The molecule has 0 spiro atoms. The summed E-state index contributed by atoms with van der Waals surface area (Å²) in [6, 6.07) is 6.60. The minimum Gasteiger partial charge on any atom is -0.469 e. The Bertz CT molecular complexity index is 1470. The Balaban J connectivity index is 1.39. The summed E-state index contributed by atoms with van der Waals surface area (Å²) in [4.78, 5) is 30.9. The molecule has 4 heterocycles. The van der Waals surface area contributed by atoms with Crippen molar-refractivity contribution in [2.75, 3.05) is 30.4 Å². The predicted molar refractivity (Wildman–Crippen MR) is 136 cm³/mol. The van der Waals surface area contributed by atoms with Crippen molar-refractivity contribution in [3.8, 4) is 11.3 Å². The van der Waals surface area contributed by atoms with Crippen LogP contribution in [0.25, 0.3) is 22.3 Å². The van der Waals surface area contributed by atoms with E-state index in [0.717, 1.165) is 24.8 Å². The van der Waals surface area contributed by atoms with E-state index in [1.165, 1.54) is 13.2 Å². The van der Waals surface area contributed by atoms with Crippen LogP contribution in [0.2, 0.25) is 0 Å². The molecular formula is C26H27F2N7O2. The lowest BCUT2D eigenvalue weighted by molar-refractivity contribution is -0.144. The van der Waals surface area contributed by atoms with Crippen LogP contribution in [0.3, 0.4) is 0 Å². The Hall–Kier alpha value is -4.15. The number of nitrogens with zero attached hydrogens (tertiary/aromatic N) is 6. The predicted octanol–water partition coefficient (Wildman–Crippen LogP) is 4.80. The number of anilines is 3. The third-order valence-electron chi connectivity index (χ3n) is 6.53. The van der Waals surface area contributed by atoms with Gasteiger partial charge in [-0.2, -0.15) is 0 Å². The van der Waals surface area contributed by atoms with Crippen molar-refractivity contribution < 1.29 is 18.3 Å². The summed E-state index contributed by atoms with van der Waals surface area (Å²) >= 11 is 0. The molecule has 0 unspecified atom stereocenters. The number of esters is 1. The summed E-state index contributed by atoms with van der Waals surface area (Å²) in [5.41, 5.74) is 1.94. The van der Waals surface area contributed by atoms with E-state index >= 15 is 0 Å². The van der Waals surface area contributed by atoms with Gasteiger partial charge < -0.3 is 19.5 Å². The normalized spacial score (nSPS) is 15.5. The van der Waals surface area contributed by atoms with Crippen LogP contribution in [0.15, 0.2) is 36.7 Å². The van der Waals surface area contributed by atoms with E-state index in [9.17, 15) is 13.6 Å². The SMILES string of the molecule is COC(=O)[C@@H]1CCN(c2ccc(Nc3ncc(F)c(-c4cc(F)c5nc(C)n(C(C)C)c5c4)n3)nc2)C1. The largest absolute Gasteiger partial charge is 0.469 e. The van der Waals surface area contributed by atoms with Crippen LogP contribution in [0, 0.1) is 24.5 Å². The highest BCUT2D eigenvalue weighted by molar-refractivity contribution is 5.83. The topological polar surface area (TPSA) is 98.1 Å². The van der Waals surface area contributed by atoms with Gasteiger partial charge in [0, 0.05) is 24.7 Å². The van der Waals surface area contributed by atoms with Gasteiger partial charge in [-0.15, -0.1) is 0 Å². The summed E-state index contributed by atoms with van der Waals surface area (Å²) in [5, 5.41) is 2.98. The lowest BCUT2D eigenvalue weighted by Crippen LogP contribution is -2.23. The number of methoxy groups -OCH3 is 1. The fourth-order valence-corrected chi connectivity index (χ4v) is 4.80. The van der Waals surface area contributed by atoms with Crippen molar-refractivity contribution in [1.82, 2.24) is 24.5 Å². The lowest BCUT2D eigenvalue weighted by Gasteiger charge is -2.18. The number of carbonyl (C=O) groups excluding carboxylic acids is 1. The molecule has 0 aliphatic carbocycles. The number of aryl methyl sites for hydroxylation is 1. The Labute approximate surface area is 212 Å². The van der Waals surface area contributed by atoms with E-state index in [1.54, 1.807) is 18.3 Å². The van der Waals surface area contributed by atoms with Crippen LogP contribution in [-0.2, 0) is 9.53 Å². The first-order valence-corrected chi connectivity index (χ1v) is 12.0. The van der Waals surface area contributed by atoms with Crippen LogP contribution < -0.4 is 10.2 Å². The molecule has 11 heteroatoms. The van der Waals surface area contributed by atoms with Gasteiger partial charge in [0.2, 0.25) is 5.95 Å². The molecule has 5 rings (SSSR count). The highest BCUT2D eigenvalue weighted by Crippen LogP contribution is 2.31. The standard InChI is InChI=1S/C26H27F2N7O2/c1-14(2)35-15(3)31-24-19(27)9-17(10-21(24)35)23-20(28)12-30-26(33-23)32-22-6-5-18(11-29-22)34-8-7-16(13-34)25(36)37-4/h5-6,9-12,14,16H,7-8,13H2,1-4H3,(H,29,30,32,33)/t16-/m1/s1. The number of benzene rings is 1. The van der Waals surface area contributed by atoms with Crippen molar-refractivity contribution in [2.24, 2.45) is 5.92 Å². The van der Waals surface area contributed by atoms with E-state index in [-0.39, 0.29) is 40.7 Å². The number of halogens is 2. The molecule has 1 aromatic carbocycles. The van der Waals surface area contributed by atoms with Gasteiger partial charge in [0.25, 0.3) is 0 Å². The molecule has 0 saturated carbocycles. The highest BCUT2D eigenvalue weighted by Gasteiger charge is 2.29. The van der Waals surface area contributed by atoms with Crippen LogP contribution in [0.5, 0.6) is 0 Å². The van der Waals surface area contributed by atoms with Crippen molar-refractivity contribution in [2.45, 2.75) is 33.2 Å². The Morgan fingerprint density at radius 2 is 1.95 bits per heavy atom. The van der Waals surface area contributed by atoms with Gasteiger partial charge in [-0.1, -0.05) is 0 Å². The quantitative estimate of drug-likeness (QED) is 0.372. The van der Waals surface area contributed by atoms with Crippen molar-refractivity contribution in [3.63, 3.8) is 0 Å². The number of hydrogen-bond acceptors (Lipinski definition) is 8. The molecule has 192 valence electrons. The minimum atomic E-state index is -0.672. The summed E-state index contributed by atoms with van der Waals surface area (Å²) in [6.45, 7) is 7.07. The maximum Gasteiger partial charge on any atom is 0.310 e. The monoisotopic (exact) mass is 507 g/mol. The molecule has 1 saturated heterocycles. The van der Waals surface area contributed by atoms with Crippen LogP contribution in [0.4, 0.5) is 26.2 Å². The second-order valence-corrected chi connectivity index (χ2v) is 9.32. The number of nitrogens with one attached hydrogen (secondary N) is 1. The summed E-state index contributed by atoms with van der Waals surface area (Å²) in [6.07, 6.45) is 3.46. The molecule has 1 fully saturated rings. The highest BCUT2D eigenvalue weighted by atomic mass is 19.1. The van der Waals surface area contributed by atoms with E-state index < -0.39 is 11.6 Å². The average Bonchev–Trinajstić information content (AvgIpc) is 3.50. The number of fused-ring (bicyclic) bond motifs is 1. The maximum absolute atomic E-state index is 14.9. The molecule has 37 heavy (non-hydrogen) atoms. The van der Waals surface area contributed by atoms with E-state index in [2.05, 4.69) is 30.2 Å². The minimum absolute atomic E-state index is 0.0324. The number of imidazole rings is 1. The third-order valence-corrected chi connectivity index (χ3v) is 6.53. The zero-order valence-electron chi connectivity index (χ0n) is 21.0. The Morgan fingerprint density at radius 1 is 1.14 bits per heavy atom. The molecule has 1 aliphatic heterocycles. The molecular weight excluding hydrogens is 480 g/mol. The molecule has 4 aromatic rings. The lowest BCUT2D eigenvalue weighted by atomic mass is 10.1. The van der Waals surface area contributed by atoms with Gasteiger partial charge in [0.05, 0.1) is 36.6 Å². The smallest absolute Gasteiger partial charge is 0.310 e. The fourth-order valence-electron chi connectivity index (χ4n) is 4.80. The molecule has 0 radical (unpaired) electrons. The molecule has 9 nitrogen and oxygen atoms in total. The molecule has 0 bridgehead atoms. The second kappa shape index (κ2) is 9.72. The summed E-state index contributed by atoms with van der Waals surface area (Å²) in [5.74, 6) is -0.319. The van der Waals surface area contributed by atoms with Gasteiger partial charge in [-0.3, -0.25) is 4.79 Å². The number of rotatable bonds is 6. The first-order chi connectivity index (χ1) is 17.7. The van der Waals surface area contributed by atoms with Gasteiger partial charge in [0.1, 0.15) is 22.9 Å². The third kappa shape index (κ3) is 4.68. The zero-order valence-corrected chi connectivity index (χ0v) is 21.0. The van der Waals surface area contributed by atoms with Gasteiger partial charge >= 0.3 is 5.97 Å². The van der Waals surface area contributed by atoms with Crippen LogP contribution in [-0.4, -0.2) is 50.7 Å². The zero-order chi connectivity index (χ0) is 26.3. The van der Waals surface area contributed by atoms with Crippen molar-refractivity contribution in [3.05, 3.63) is 54.1 Å². The molecule has 1 atom stereocenters. The number of hydrogen-bond donors (Lipinski definition) is 1. The van der Waals surface area contributed by atoms with Crippen molar-refractivity contribution in [1.29, 1.82) is 0 Å². The number of ether oxygens (including phenoxy) is 1. The number of carbonyl (C=O) groups is 1. The van der Waals surface area contributed by atoms with Gasteiger partial charge in [0.15, 0.2) is 11.6 Å². The Morgan fingerprint density at radius 3 is 2.65 bits per heavy atom. The number of pyridine rings is 1. The molecule has 0 amide bonds. The van der Waals surface area contributed by atoms with E-state index in [1.807, 2.05) is 31.4 Å². The average molecular weight is 508 g/mol. The van der Waals surface area contributed by atoms with Crippen LogP contribution >= 0.6 is 0 Å². The maximum atomic E-state index is 14.9. The van der Waals surface area contributed by atoms with Gasteiger partial charge in [-0.05, 0) is 51.5 Å². The molecule has 1 aliphatic rings. The molecule has 3 aromatic heterocycles. The second-order valence-electron chi connectivity index (χ2n) is 9.32. The van der Waals surface area contributed by atoms with E-state index in [0.29, 0.717) is 23.7 Å². The summed E-state index contributed by atoms with van der Waals surface area (Å²) in [7, 11) is 1.40. The summed E-state index contributed by atoms with van der Waals surface area (Å²) < 4.78 is 36.4. The van der Waals surface area contributed by atoms with Crippen LogP contribution in [0.1, 0.15) is 32.1 Å². The Kier molecular flexibility index (Phi) is 6.45. The van der Waals surface area contributed by atoms with Crippen molar-refractivity contribution >= 4 is 34.5 Å². The van der Waals surface area contributed by atoms with Gasteiger partial charge in [-0.25, -0.2) is 28.7 Å². The first kappa shape index (κ1) is 24.5. The fraction of sp³-hybridized carbons (Fsp3) is 0.346. The first-order valence-electron chi connectivity index (χ1n) is 12.0. The van der Waals surface area contributed by atoms with E-state index in [4.69, 9.17) is 4.74 Å².